The largest absolute Gasteiger partial charge is 0.461 e. The summed E-state index contributed by atoms with van der Waals surface area (Å²) < 4.78 is 30.7. The number of hydrogen-bond acceptors (Lipinski definition) is 12. The average Bonchev–Trinajstić information content (AvgIpc) is 3.48. The van der Waals surface area contributed by atoms with Crippen molar-refractivity contribution >= 4 is 23.3 Å². The van der Waals surface area contributed by atoms with Gasteiger partial charge in [0, 0.05) is 12.8 Å². The molecule has 2 aliphatic heterocycles. The van der Waals surface area contributed by atoms with Crippen molar-refractivity contribution in [3.05, 3.63) is 55.6 Å². The molecule has 0 radical (unpaired) electrons. The SMILES string of the molecule is O=C(CCCC(=O)OCc1cc2c(cc1[N+](=O)[O-])OCO2)OCc1cc2c(cc1[N+](=O)[O-])OCO2. The van der Waals surface area contributed by atoms with Gasteiger partial charge in [-0.05, 0) is 18.6 Å². The van der Waals surface area contributed by atoms with E-state index in [2.05, 4.69) is 0 Å². The van der Waals surface area contributed by atoms with Crippen LogP contribution in [0.2, 0.25) is 0 Å². The van der Waals surface area contributed by atoms with Crippen molar-refractivity contribution in [2.45, 2.75) is 32.5 Å². The third-order valence-electron chi connectivity index (χ3n) is 5.08. The zero-order valence-electron chi connectivity index (χ0n) is 18.1. The van der Waals surface area contributed by atoms with Gasteiger partial charge in [0.2, 0.25) is 13.6 Å². The predicted molar refractivity (Wildman–Crippen MR) is 112 cm³/mol. The summed E-state index contributed by atoms with van der Waals surface area (Å²) in [5, 5.41) is 22.5. The highest BCUT2D eigenvalue weighted by atomic mass is 16.7. The lowest BCUT2D eigenvalue weighted by Gasteiger charge is -2.08. The zero-order chi connectivity index (χ0) is 24.9. The van der Waals surface area contributed by atoms with Crippen LogP contribution in [0, 0.1) is 20.2 Å². The van der Waals surface area contributed by atoms with Gasteiger partial charge in [-0.3, -0.25) is 29.8 Å². The molecule has 0 saturated carbocycles. The number of carbonyl (C=O) groups excluding carboxylic acids is 2. The summed E-state index contributed by atoms with van der Waals surface area (Å²) in [6.45, 7) is -0.838. The Kier molecular flexibility index (Phi) is 6.80. The molecule has 0 spiro atoms. The van der Waals surface area contributed by atoms with Gasteiger partial charge in [-0.15, -0.1) is 0 Å². The highest BCUT2D eigenvalue weighted by Gasteiger charge is 2.25. The maximum atomic E-state index is 12.0. The Labute approximate surface area is 196 Å². The normalized spacial score (nSPS) is 12.8. The van der Waals surface area contributed by atoms with Crippen LogP contribution in [0.4, 0.5) is 11.4 Å². The Morgan fingerprint density at radius 2 is 1.09 bits per heavy atom. The fraction of sp³-hybridized carbons (Fsp3) is 0.333. The molecule has 184 valence electrons. The van der Waals surface area contributed by atoms with Gasteiger partial charge in [0.1, 0.15) is 13.2 Å². The van der Waals surface area contributed by atoms with Gasteiger partial charge < -0.3 is 28.4 Å². The van der Waals surface area contributed by atoms with Gasteiger partial charge in [-0.2, -0.15) is 0 Å². The fourth-order valence-electron chi connectivity index (χ4n) is 3.36. The van der Waals surface area contributed by atoms with Crippen molar-refractivity contribution in [1.29, 1.82) is 0 Å². The molecule has 0 aromatic heterocycles. The van der Waals surface area contributed by atoms with Crippen LogP contribution in [-0.4, -0.2) is 35.4 Å². The highest BCUT2D eigenvalue weighted by molar-refractivity contribution is 5.73. The van der Waals surface area contributed by atoms with Crippen LogP contribution in [0.15, 0.2) is 24.3 Å². The van der Waals surface area contributed by atoms with Gasteiger partial charge in [0.05, 0.1) is 33.1 Å². The lowest BCUT2D eigenvalue weighted by molar-refractivity contribution is -0.386. The third-order valence-corrected chi connectivity index (χ3v) is 5.08. The first kappa shape index (κ1) is 23.5. The Hall–Kier alpha value is -4.62. The molecule has 35 heavy (non-hydrogen) atoms. The first-order valence-corrected chi connectivity index (χ1v) is 10.3. The first-order valence-electron chi connectivity index (χ1n) is 10.3. The number of esters is 2. The van der Waals surface area contributed by atoms with E-state index in [1.165, 1.54) is 24.3 Å². The number of rotatable bonds is 10. The number of hydrogen-bond donors (Lipinski definition) is 0. The summed E-state index contributed by atoms with van der Waals surface area (Å²) in [4.78, 5) is 45.3. The highest BCUT2D eigenvalue weighted by Crippen LogP contribution is 2.39. The van der Waals surface area contributed by atoms with Gasteiger partial charge in [0.15, 0.2) is 23.0 Å². The zero-order valence-corrected chi connectivity index (χ0v) is 18.1. The molecule has 0 fully saturated rings. The van der Waals surface area contributed by atoms with E-state index in [-0.39, 0.29) is 80.1 Å². The van der Waals surface area contributed by atoms with Crippen molar-refractivity contribution < 1.29 is 47.9 Å². The number of nitro benzene ring substituents is 2. The molecule has 0 unspecified atom stereocenters. The lowest BCUT2D eigenvalue weighted by Crippen LogP contribution is -2.09. The van der Waals surface area contributed by atoms with E-state index in [0.29, 0.717) is 11.5 Å². The molecule has 0 saturated heterocycles. The third kappa shape index (κ3) is 5.48. The van der Waals surface area contributed by atoms with Crippen molar-refractivity contribution in [1.82, 2.24) is 0 Å². The van der Waals surface area contributed by atoms with Crippen molar-refractivity contribution in [2.75, 3.05) is 13.6 Å². The average molecular weight is 490 g/mol. The van der Waals surface area contributed by atoms with Crippen molar-refractivity contribution in [3.8, 4) is 23.0 Å². The summed E-state index contributed by atoms with van der Waals surface area (Å²) >= 11 is 0. The maximum absolute atomic E-state index is 12.0. The summed E-state index contributed by atoms with van der Waals surface area (Å²) in [5.74, 6) is -0.251. The van der Waals surface area contributed by atoms with E-state index in [1.807, 2.05) is 0 Å². The molecule has 2 aliphatic rings. The minimum Gasteiger partial charge on any atom is -0.461 e. The quantitative estimate of drug-likeness (QED) is 0.271. The second kappa shape index (κ2) is 10.1. The van der Waals surface area contributed by atoms with E-state index in [4.69, 9.17) is 28.4 Å². The van der Waals surface area contributed by atoms with Crippen molar-refractivity contribution in [3.63, 3.8) is 0 Å². The topological polar surface area (TPSA) is 176 Å². The van der Waals surface area contributed by atoms with Crippen LogP contribution in [-0.2, 0) is 32.3 Å². The smallest absolute Gasteiger partial charge is 0.306 e. The number of nitrogens with zero attached hydrogens (tertiary/aromatic N) is 2. The van der Waals surface area contributed by atoms with E-state index in [0.717, 1.165) is 0 Å². The molecule has 0 amide bonds. The molecule has 2 aromatic carbocycles. The number of nitro groups is 2. The number of fused-ring (bicyclic) bond motifs is 2. The first-order chi connectivity index (χ1) is 16.8. The minimum atomic E-state index is -0.670. The molecule has 14 heteroatoms. The van der Waals surface area contributed by atoms with Crippen LogP contribution < -0.4 is 18.9 Å². The van der Waals surface area contributed by atoms with Gasteiger partial charge in [0.25, 0.3) is 11.4 Å². The summed E-state index contributed by atoms with van der Waals surface area (Å²) in [7, 11) is 0. The molecule has 2 heterocycles. The van der Waals surface area contributed by atoms with E-state index in [1.54, 1.807) is 0 Å². The molecule has 0 aliphatic carbocycles. The Bertz CT molecular complexity index is 1100. The monoisotopic (exact) mass is 490 g/mol. The minimum absolute atomic E-state index is 0.0617. The van der Waals surface area contributed by atoms with Crippen molar-refractivity contribution in [2.24, 2.45) is 0 Å². The molecular weight excluding hydrogens is 472 g/mol. The molecule has 4 rings (SSSR count). The molecule has 0 bridgehead atoms. The van der Waals surface area contributed by atoms with Crippen LogP contribution in [0.1, 0.15) is 30.4 Å². The number of carbonyl (C=O) groups is 2. The standard InChI is InChI=1S/C21H18N2O12/c24-20(30-8-12-4-16-18(34-10-32-16)6-14(12)22(26)27)2-1-3-21(25)31-9-13-5-17-19(35-11-33-17)7-15(13)23(28)29/h4-7H,1-3,8-11H2. The molecule has 0 atom stereocenters. The van der Waals surface area contributed by atoms with Crippen LogP contribution >= 0.6 is 0 Å². The second-order valence-electron chi connectivity index (χ2n) is 7.36. The predicted octanol–water partition coefficient (Wildman–Crippen LogP) is 2.92. The maximum Gasteiger partial charge on any atom is 0.306 e. The van der Waals surface area contributed by atoms with E-state index >= 15 is 0 Å². The fourth-order valence-corrected chi connectivity index (χ4v) is 3.36. The van der Waals surface area contributed by atoms with E-state index in [9.17, 15) is 29.8 Å². The van der Waals surface area contributed by atoms with E-state index < -0.39 is 21.8 Å². The number of ether oxygens (including phenoxy) is 6. The summed E-state index contributed by atoms with van der Waals surface area (Å²) in [6, 6.07) is 5.15. The van der Waals surface area contributed by atoms with Gasteiger partial charge in [-0.25, -0.2) is 0 Å². The number of benzene rings is 2. The Balaban J connectivity index is 1.23. The lowest BCUT2D eigenvalue weighted by atomic mass is 10.1. The summed E-state index contributed by atoms with van der Waals surface area (Å²) in [5.41, 5.74) is -0.277. The van der Waals surface area contributed by atoms with Crippen LogP contribution in [0.5, 0.6) is 23.0 Å². The molecular formula is C21H18N2O12. The summed E-state index contributed by atoms with van der Waals surface area (Å²) in [6.07, 6.45) is -0.195. The Morgan fingerprint density at radius 3 is 1.46 bits per heavy atom. The molecule has 14 nitrogen and oxygen atoms in total. The van der Waals surface area contributed by atoms with Gasteiger partial charge >= 0.3 is 11.9 Å². The molecule has 0 N–H and O–H groups in total. The van der Waals surface area contributed by atoms with Gasteiger partial charge in [-0.1, -0.05) is 0 Å². The second-order valence-corrected chi connectivity index (χ2v) is 7.36. The van der Waals surface area contributed by atoms with Crippen LogP contribution in [0.25, 0.3) is 0 Å². The van der Waals surface area contributed by atoms with Crippen LogP contribution in [0.3, 0.4) is 0 Å². The Morgan fingerprint density at radius 1 is 0.714 bits per heavy atom. The molecule has 2 aromatic rings.